The van der Waals surface area contributed by atoms with Crippen molar-refractivity contribution in [1.82, 2.24) is 0 Å². The van der Waals surface area contributed by atoms with Crippen LogP contribution in [0.25, 0.3) is 0 Å². The lowest BCUT2D eigenvalue weighted by Gasteiger charge is -2.08. The molecular weight excluding hydrogens is 239 g/mol. The topological polar surface area (TPSA) is 60.2 Å². The minimum Gasteiger partial charge on any atom is -0.289 e. The van der Waals surface area contributed by atoms with Crippen LogP contribution in [0.15, 0.2) is 18.2 Å². The number of Topliss-reactive ketones (excluding diaryl/α,β-unsaturated/α-hetero) is 1. The second-order valence-corrected chi connectivity index (χ2v) is 3.43. The maximum absolute atomic E-state index is 12.1. The second-order valence-electron chi connectivity index (χ2n) is 3.43. The molecule has 1 rings (SSSR count). The lowest BCUT2D eigenvalue weighted by Crippen LogP contribution is -2.25. The molecule has 0 saturated heterocycles. The smallest absolute Gasteiger partial charge is 0.289 e. The molecule has 0 radical (unpaired) electrons. The first-order chi connectivity index (χ1) is 7.73. The van der Waals surface area contributed by atoms with Crippen molar-refractivity contribution < 1.29 is 22.9 Å². The summed E-state index contributed by atoms with van der Waals surface area (Å²) < 4.78 is 36.2. The van der Waals surface area contributed by atoms with Crippen LogP contribution in [0.2, 0.25) is 0 Å². The highest BCUT2D eigenvalue weighted by molar-refractivity contribution is 5.87. The van der Waals surface area contributed by atoms with E-state index in [1.807, 2.05) is 0 Å². The summed E-state index contributed by atoms with van der Waals surface area (Å²) in [7, 11) is 0. The van der Waals surface area contributed by atoms with Crippen LogP contribution >= 0.6 is 0 Å². The molecule has 0 amide bonds. The molecule has 0 atom stereocenters. The number of hydrogen-bond acceptors (Lipinski definition) is 3. The third-order valence-electron chi connectivity index (χ3n) is 2.24. The molecule has 0 aliphatic rings. The lowest BCUT2D eigenvalue weighted by atomic mass is 10.0. The van der Waals surface area contributed by atoms with Crippen LogP contribution < -0.4 is 0 Å². The largest absolute Gasteiger partial charge is 0.450 e. The van der Waals surface area contributed by atoms with Gasteiger partial charge in [-0.25, -0.2) is 0 Å². The van der Waals surface area contributed by atoms with Gasteiger partial charge in [-0.05, 0) is 12.5 Å². The van der Waals surface area contributed by atoms with E-state index >= 15 is 0 Å². The fraction of sp³-hybridized carbons (Fsp3) is 0.300. The highest BCUT2D eigenvalue weighted by Gasteiger charge is 2.39. The zero-order valence-corrected chi connectivity index (χ0v) is 8.75. The number of ketones is 1. The highest BCUT2D eigenvalue weighted by Crippen LogP contribution is 2.26. The zero-order chi connectivity index (χ0) is 13.2. The van der Waals surface area contributed by atoms with Crippen molar-refractivity contribution in [2.75, 3.05) is 0 Å². The molecule has 0 aromatic heterocycles. The van der Waals surface area contributed by atoms with Crippen LogP contribution in [0.1, 0.15) is 11.1 Å². The minimum atomic E-state index is -4.98. The Balaban J connectivity index is 3.14. The summed E-state index contributed by atoms with van der Waals surface area (Å²) in [6.07, 6.45) is -5.98. The fourth-order valence-electron chi connectivity index (χ4n) is 1.35. The van der Waals surface area contributed by atoms with E-state index in [9.17, 15) is 28.1 Å². The molecular formula is C10H8F3NO3. The van der Waals surface area contributed by atoms with Crippen molar-refractivity contribution >= 4 is 11.5 Å². The first kappa shape index (κ1) is 13.1. The molecule has 0 aliphatic heterocycles. The number of nitro benzene ring substituents is 1. The van der Waals surface area contributed by atoms with Crippen molar-refractivity contribution in [3.63, 3.8) is 0 Å². The van der Waals surface area contributed by atoms with Gasteiger partial charge in [0.05, 0.1) is 4.92 Å². The number of halogens is 3. The molecule has 0 aliphatic carbocycles. The van der Waals surface area contributed by atoms with Gasteiger partial charge < -0.3 is 0 Å². The Hall–Kier alpha value is -1.92. The predicted molar refractivity (Wildman–Crippen MR) is 52.6 cm³/mol. The molecule has 0 spiro atoms. The van der Waals surface area contributed by atoms with Gasteiger partial charge in [0.25, 0.3) is 5.69 Å². The third kappa shape index (κ3) is 3.02. The highest BCUT2D eigenvalue weighted by atomic mass is 19.4. The molecule has 7 heteroatoms. The first-order valence-electron chi connectivity index (χ1n) is 4.56. The number of nitro groups is 1. The predicted octanol–water partition coefficient (Wildman–Crippen LogP) is 2.58. The van der Waals surface area contributed by atoms with E-state index < -0.39 is 29.0 Å². The molecule has 4 nitrogen and oxygen atoms in total. The maximum atomic E-state index is 12.1. The van der Waals surface area contributed by atoms with E-state index in [-0.39, 0.29) is 11.1 Å². The number of aryl methyl sites for hydroxylation is 1. The van der Waals surface area contributed by atoms with E-state index in [1.165, 1.54) is 19.1 Å². The number of rotatable bonds is 3. The molecule has 17 heavy (non-hydrogen) atoms. The van der Waals surface area contributed by atoms with Gasteiger partial charge >= 0.3 is 6.18 Å². The van der Waals surface area contributed by atoms with Crippen molar-refractivity contribution in [3.05, 3.63) is 39.4 Å². The summed E-state index contributed by atoms with van der Waals surface area (Å²) in [4.78, 5) is 20.6. The second kappa shape index (κ2) is 4.52. The van der Waals surface area contributed by atoms with Crippen LogP contribution in [0.5, 0.6) is 0 Å². The van der Waals surface area contributed by atoms with Crippen LogP contribution in [0, 0.1) is 17.0 Å². The molecule has 0 fully saturated rings. The Kier molecular flexibility index (Phi) is 3.50. The Morgan fingerprint density at radius 1 is 1.41 bits per heavy atom. The van der Waals surface area contributed by atoms with E-state index in [2.05, 4.69) is 0 Å². The van der Waals surface area contributed by atoms with Gasteiger partial charge in [0.1, 0.15) is 0 Å². The number of nitrogens with zero attached hydrogens (tertiary/aromatic N) is 1. The molecule has 0 saturated carbocycles. The maximum Gasteiger partial charge on any atom is 0.450 e. The van der Waals surface area contributed by atoms with Crippen LogP contribution in [-0.2, 0) is 11.2 Å². The van der Waals surface area contributed by atoms with Gasteiger partial charge in [-0.15, -0.1) is 0 Å². The number of carbonyl (C=O) groups excluding carboxylic acids is 1. The van der Waals surface area contributed by atoms with Crippen LogP contribution in [-0.4, -0.2) is 16.9 Å². The summed E-state index contributed by atoms with van der Waals surface area (Å²) >= 11 is 0. The summed E-state index contributed by atoms with van der Waals surface area (Å²) in [5.41, 5.74) is -0.376. The summed E-state index contributed by atoms with van der Waals surface area (Å²) in [5, 5.41) is 10.6. The van der Waals surface area contributed by atoms with Crippen molar-refractivity contribution in [2.24, 2.45) is 0 Å². The Labute approximate surface area is 94.2 Å². The van der Waals surface area contributed by atoms with Gasteiger partial charge in [-0.3, -0.25) is 14.9 Å². The van der Waals surface area contributed by atoms with Gasteiger partial charge in [-0.1, -0.05) is 12.1 Å². The summed E-state index contributed by atoms with van der Waals surface area (Å²) in [6, 6.07) is 3.85. The average molecular weight is 247 g/mol. The zero-order valence-electron chi connectivity index (χ0n) is 8.75. The molecule has 0 bridgehead atoms. The van der Waals surface area contributed by atoms with E-state index in [1.54, 1.807) is 0 Å². The van der Waals surface area contributed by atoms with Crippen molar-refractivity contribution in [2.45, 2.75) is 19.5 Å². The third-order valence-corrected chi connectivity index (χ3v) is 2.24. The Bertz CT molecular complexity index is 468. The standard InChI is InChI=1S/C10H8F3NO3/c1-6-3-2-4-8(14(16)17)7(6)5-9(15)10(11,12)13/h2-4H,5H2,1H3. The van der Waals surface area contributed by atoms with E-state index in [4.69, 9.17) is 0 Å². The van der Waals surface area contributed by atoms with Crippen LogP contribution in [0.3, 0.4) is 0 Å². The number of benzene rings is 1. The average Bonchev–Trinajstić information content (AvgIpc) is 2.18. The fourth-order valence-corrected chi connectivity index (χ4v) is 1.35. The number of alkyl halides is 3. The van der Waals surface area contributed by atoms with E-state index in [0.29, 0.717) is 0 Å². The molecule has 92 valence electrons. The molecule has 0 unspecified atom stereocenters. The van der Waals surface area contributed by atoms with Gasteiger partial charge in [0, 0.05) is 18.1 Å². The van der Waals surface area contributed by atoms with Gasteiger partial charge in [-0.2, -0.15) is 13.2 Å². The summed E-state index contributed by atoms with van der Waals surface area (Å²) in [6.45, 7) is 1.42. The first-order valence-corrected chi connectivity index (χ1v) is 4.56. The van der Waals surface area contributed by atoms with Gasteiger partial charge in [0.15, 0.2) is 0 Å². The molecule has 1 aromatic rings. The number of hydrogen-bond donors (Lipinski definition) is 0. The van der Waals surface area contributed by atoms with Crippen LogP contribution in [0.4, 0.5) is 18.9 Å². The SMILES string of the molecule is Cc1cccc([N+](=O)[O-])c1CC(=O)C(F)(F)F. The van der Waals surface area contributed by atoms with Crippen molar-refractivity contribution in [1.29, 1.82) is 0 Å². The molecule has 0 N–H and O–H groups in total. The molecule has 1 aromatic carbocycles. The Morgan fingerprint density at radius 2 is 2.00 bits per heavy atom. The number of carbonyl (C=O) groups is 1. The van der Waals surface area contributed by atoms with E-state index in [0.717, 1.165) is 6.07 Å². The molecule has 0 heterocycles. The minimum absolute atomic E-state index is 0.195. The quantitative estimate of drug-likeness (QED) is 0.609. The Morgan fingerprint density at radius 3 is 2.47 bits per heavy atom. The van der Waals surface area contributed by atoms with Crippen molar-refractivity contribution in [3.8, 4) is 0 Å². The normalized spacial score (nSPS) is 11.3. The monoisotopic (exact) mass is 247 g/mol. The lowest BCUT2D eigenvalue weighted by molar-refractivity contribution is -0.385. The summed E-state index contributed by atoms with van der Waals surface area (Å²) in [5.74, 6) is -1.99. The van der Waals surface area contributed by atoms with Gasteiger partial charge in [0.2, 0.25) is 5.78 Å².